The summed E-state index contributed by atoms with van der Waals surface area (Å²) in [5.74, 6) is 1.62. The van der Waals surface area contributed by atoms with Gasteiger partial charge in [0.25, 0.3) is 0 Å². The number of aromatic nitrogens is 2. The van der Waals surface area contributed by atoms with Gasteiger partial charge >= 0.3 is 0 Å². The predicted octanol–water partition coefficient (Wildman–Crippen LogP) is 6.96. The van der Waals surface area contributed by atoms with E-state index in [0.29, 0.717) is 6.61 Å². The molecule has 142 valence electrons. The molecule has 2 aromatic heterocycles. The van der Waals surface area contributed by atoms with Crippen LogP contribution >= 0.6 is 27.3 Å². The van der Waals surface area contributed by atoms with Crippen LogP contribution in [0.4, 0.5) is 11.5 Å². The summed E-state index contributed by atoms with van der Waals surface area (Å²) in [5, 5.41) is 4.52. The van der Waals surface area contributed by atoms with Crippen molar-refractivity contribution in [2.45, 2.75) is 20.3 Å². The molecule has 0 aliphatic rings. The number of hydrogen-bond acceptors (Lipinski definition) is 5. The molecule has 0 aliphatic carbocycles. The molecule has 0 unspecified atom stereocenters. The van der Waals surface area contributed by atoms with Gasteiger partial charge in [-0.1, -0.05) is 47.1 Å². The summed E-state index contributed by atoms with van der Waals surface area (Å²) in [5.41, 5.74) is 3.23. The standard InChI is InChI=1S/C22H20BrN3OS/c1-3-12-27-18-7-5-4-6-17(18)26-21-20-19(15-8-10-16(23)11-9-15)14(2)28-22(20)25-13-24-21/h4-11,13H,3,12H2,1-2H3,(H,24,25,26). The van der Waals surface area contributed by atoms with Gasteiger partial charge in [0.15, 0.2) is 0 Å². The van der Waals surface area contributed by atoms with Crippen LogP contribution in [-0.4, -0.2) is 16.6 Å². The Hall–Kier alpha value is -2.44. The predicted molar refractivity (Wildman–Crippen MR) is 121 cm³/mol. The molecule has 0 radical (unpaired) electrons. The first-order valence-corrected chi connectivity index (χ1v) is 10.8. The Morgan fingerprint density at radius 2 is 1.86 bits per heavy atom. The van der Waals surface area contributed by atoms with E-state index in [1.54, 1.807) is 17.7 Å². The van der Waals surface area contributed by atoms with Crippen molar-refractivity contribution in [2.24, 2.45) is 0 Å². The number of fused-ring (bicyclic) bond motifs is 1. The lowest BCUT2D eigenvalue weighted by atomic mass is 10.0. The Morgan fingerprint density at radius 1 is 1.07 bits per heavy atom. The van der Waals surface area contributed by atoms with E-state index in [0.717, 1.165) is 43.9 Å². The average molecular weight is 454 g/mol. The third-order valence-electron chi connectivity index (χ3n) is 4.40. The summed E-state index contributed by atoms with van der Waals surface area (Å²) in [6, 6.07) is 16.3. The van der Waals surface area contributed by atoms with Crippen molar-refractivity contribution < 1.29 is 4.74 Å². The lowest BCUT2D eigenvalue weighted by molar-refractivity contribution is 0.319. The van der Waals surface area contributed by atoms with Crippen molar-refractivity contribution in [2.75, 3.05) is 11.9 Å². The van der Waals surface area contributed by atoms with Gasteiger partial charge in [-0.25, -0.2) is 9.97 Å². The van der Waals surface area contributed by atoms with Crippen LogP contribution in [0.3, 0.4) is 0 Å². The minimum Gasteiger partial charge on any atom is -0.491 e. The van der Waals surface area contributed by atoms with Crippen LogP contribution in [0.2, 0.25) is 0 Å². The number of halogens is 1. The minimum absolute atomic E-state index is 0.680. The molecule has 28 heavy (non-hydrogen) atoms. The molecule has 0 aliphatic heterocycles. The summed E-state index contributed by atoms with van der Waals surface area (Å²) in [6.07, 6.45) is 2.57. The zero-order chi connectivity index (χ0) is 19.5. The summed E-state index contributed by atoms with van der Waals surface area (Å²) in [7, 11) is 0. The van der Waals surface area contributed by atoms with Crippen LogP contribution in [0.25, 0.3) is 21.3 Å². The number of ether oxygens (including phenoxy) is 1. The van der Waals surface area contributed by atoms with Gasteiger partial charge in [0.2, 0.25) is 0 Å². The fraction of sp³-hybridized carbons (Fsp3) is 0.182. The van der Waals surface area contributed by atoms with Gasteiger partial charge in [0, 0.05) is 14.9 Å². The SMILES string of the molecule is CCCOc1ccccc1Nc1ncnc2sc(C)c(-c3ccc(Br)cc3)c12. The van der Waals surface area contributed by atoms with Crippen LogP contribution in [0.15, 0.2) is 59.3 Å². The fourth-order valence-corrected chi connectivity index (χ4v) is 4.42. The number of nitrogens with one attached hydrogen (secondary N) is 1. The molecule has 1 N–H and O–H groups in total. The highest BCUT2D eigenvalue weighted by atomic mass is 79.9. The van der Waals surface area contributed by atoms with E-state index in [2.05, 4.69) is 69.3 Å². The molecule has 0 fully saturated rings. The quantitative estimate of drug-likeness (QED) is 0.342. The second kappa shape index (κ2) is 8.29. The molecule has 4 aromatic rings. The molecule has 0 bridgehead atoms. The molecule has 2 heterocycles. The molecule has 0 spiro atoms. The summed E-state index contributed by atoms with van der Waals surface area (Å²) in [6.45, 7) is 4.91. The van der Waals surface area contributed by atoms with Gasteiger partial charge in [0.1, 0.15) is 22.7 Å². The van der Waals surface area contributed by atoms with E-state index >= 15 is 0 Å². The Bertz CT molecular complexity index is 1110. The molecule has 0 atom stereocenters. The highest BCUT2D eigenvalue weighted by Crippen LogP contribution is 2.41. The number of thiophene rings is 1. The molecule has 0 saturated heterocycles. The van der Waals surface area contributed by atoms with E-state index in [-0.39, 0.29) is 0 Å². The number of aryl methyl sites for hydroxylation is 1. The molecule has 4 nitrogen and oxygen atoms in total. The third-order valence-corrected chi connectivity index (χ3v) is 5.94. The number of hydrogen-bond donors (Lipinski definition) is 1. The Morgan fingerprint density at radius 3 is 2.64 bits per heavy atom. The molecular weight excluding hydrogens is 434 g/mol. The van der Waals surface area contributed by atoms with E-state index in [1.165, 1.54) is 10.4 Å². The van der Waals surface area contributed by atoms with Crippen LogP contribution in [-0.2, 0) is 0 Å². The van der Waals surface area contributed by atoms with Crippen LogP contribution in [0.5, 0.6) is 5.75 Å². The smallest absolute Gasteiger partial charge is 0.143 e. The number of nitrogens with zero attached hydrogens (tertiary/aromatic N) is 2. The van der Waals surface area contributed by atoms with Crippen molar-refractivity contribution in [1.29, 1.82) is 0 Å². The normalized spacial score (nSPS) is 11.0. The maximum Gasteiger partial charge on any atom is 0.143 e. The average Bonchev–Trinajstić information content (AvgIpc) is 3.05. The summed E-state index contributed by atoms with van der Waals surface area (Å²) < 4.78 is 6.96. The highest BCUT2D eigenvalue weighted by Gasteiger charge is 2.17. The Labute approximate surface area is 176 Å². The van der Waals surface area contributed by atoms with Gasteiger partial charge in [-0.15, -0.1) is 11.3 Å². The number of anilines is 2. The van der Waals surface area contributed by atoms with Gasteiger partial charge < -0.3 is 10.1 Å². The minimum atomic E-state index is 0.680. The van der Waals surface area contributed by atoms with Crippen LogP contribution in [0, 0.1) is 6.92 Å². The number of rotatable bonds is 6. The van der Waals surface area contributed by atoms with Crippen LogP contribution in [0.1, 0.15) is 18.2 Å². The van der Waals surface area contributed by atoms with Crippen molar-refractivity contribution >= 4 is 49.0 Å². The van der Waals surface area contributed by atoms with E-state index in [4.69, 9.17) is 4.74 Å². The summed E-state index contributed by atoms with van der Waals surface area (Å²) >= 11 is 5.20. The molecular formula is C22H20BrN3OS. The zero-order valence-electron chi connectivity index (χ0n) is 15.7. The first kappa shape index (κ1) is 18.9. The van der Waals surface area contributed by atoms with Crippen molar-refractivity contribution in [3.63, 3.8) is 0 Å². The van der Waals surface area contributed by atoms with Gasteiger partial charge in [-0.2, -0.15) is 0 Å². The first-order valence-electron chi connectivity index (χ1n) is 9.16. The molecule has 6 heteroatoms. The maximum absolute atomic E-state index is 5.90. The second-order valence-electron chi connectivity index (χ2n) is 6.41. The molecule has 2 aromatic carbocycles. The third kappa shape index (κ3) is 3.75. The lowest BCUT2D eigenvalue weighted by Gasteiger charge is -2.13. The van der Waals surface area contributed by atoms with E-state index in [1.807, 2.05) is 24.3 Å². The molecule has 0 amide bonds. The topological polar surface area (TPSA) is 47.0 Å². The monoisotopic (exact) mass is 453 g/mol. The first-order chi connectivity index (χ1) is 13.7. The summed E-state index contributed by atoms with van der Waals surface area (Å²) in [4.78, 5) is 11.3. The fourth-order valence-electron chi connectivity index (χ4n) is 3.14. The highest BCUT2D eigenvalue weighted by molar-refractivity contribution is 9.10. The molecule has 0 saturated carbocycles. The van der Waals surface area contributed by atoms with Crippen LogP contribution < -0.4 is 10.1 Å². The van der Waals surface area contributed by atoms with E-state index < -0.39 is 0 Å². The van der Waals surface area contributed by atoms with Gasteiger partial charge in [0.05, 0.1) is 17.7 Å². The molecule has 4 rings (SSSR count). The van der Waals surface area contributed by atoms with E-state index in [9.17, 15) is 0 Å². The van der Waals surface area contributed by atoms with Crippen molar-refractivity contribution in [3.8, 4) is 16.9 Å². The van der Waals surface area contributed by atoms with Gasteiger partial charge in [-0.05, 0) is 43.2 Å². The Balaban J connectivity index is 1.82. The Kier molecular flexibility index (Phi) is 5.59. The maximum atomic E-state index is 5.90. The second-order valence-corrected chi connectivity index (χ2v) is 8.53. The van der Waals surface area contributed by atoms with Crippen molar-refractivity contribution in [3.05, 3.63) is 64.2 Å². The number of benzene rings is 2. The lowest BCUT2D eigenvalue weighted by Crippen LogP contribution is -2.01. The van der Waals surface area contributed by atoms with Crippen molar-refractivity contribution in [1.82, 2.24) is 9.97 Å². The number of para-hydroxylation sites is 2. The zero-order valence-corrected chi connectivity index (χ0v) is 18.1. The van der Waals surface area contributed by atoms with Gasteiger partial charge in [-0.3, -0.25) is 0 Å². The largest absolute Gasteiger partial charge is 0.491 e.